The molecule has 1 saturated heterocycles. The lowest BCUT2D eigenvalue weighted by Gasteiger charge is -2.25. The van der Waals surface area contributed by atoms with Gasteiger partial charge in [0.1, 0.15) is 0 Å². The summed E-state index contributed by atoms with van der Waals surface area (Å²) in [5.74, 6) is 0. The van der Waals surface area contributed by atoms with Crippen molar-refractivity contribution < 1.29 is 9.47 Å². The Labute approximate surface area is 77.5 Å². The maximum absolute atomic E-state index is 5.33. The van der Waals surface area contributed by atoms with Gasteiger partial charge in [-0.2, -0.15) is 0 Å². The Morgan fingerprint density at radius 1 is 1.40 bits per heavy atom. The second-order valence-electron chi connectivity index (χ2n) is 2.13. The first-order valence-electron chi connectivity index (χ1n) is 3.28. The molecule has 1 aliphatic heterocycles. The summed E-state index contributed by atoms with van der Waals surface area (Å²) < 4.78 is 10.7. The largest absolute Gasteiger partial charge is 0.351 e. The molecule has 0 radical (unpaired) electrons. The Bertz CT molecular complexity index is 93.7. The summed E-state index contributed by atoms with van der Waals surface area (Å²) in [6.45, 7) is 1.64. The first kappa shape index (κ1) is 8.97. The van der Waals surface area contributed by atoms with E-state index in [-0.39, 0.29) is 11.1 Å². The third-order valence-corrected chi connectivity index (χ3v) is 3.62. The lowest BCUT2D eigenvalue weighted by atomic mass is 10.4. The van der Waals surface area contributed by atoms with E-state index in [1.165, 1.54) is 0 Å². The summed E-state index contributed by atoms with van der Waals surface area (Å²) in [5, 5.41) is 0.859. The van der Waals surface area contributed by atoms with Gasteiger partial charge in [-0.3, -0.25) is 0 Å². The van der Waals surface area contributed by atoms with Crippen LogP contribution in [-0.2, 0) is 9.47 Å². The number of rotatable bonds is 2. The molecule has 1 aliphatic rings. The molecule has 1 fully saturated rings. The van der Waals surface area contributed by atoms with Gasteiger partial charge in [-0.1, -0.05) is 31.9 Å². The van der Waals surface area contributed by atoms with Crippen LogP contribution in [0.15, 0.2) is 0 Å². The number of alkyl halides is 2. The van der Waals surface area contributed by atoms with E-state index >= 15 is 0 Å². The molecular weight excluding hydrogens is 264 g/mol. The van der Waals surface area contributed by atoms with Gasteiger partial charge in [0.2, 0.25) is 0 Å². The Kier molecular flexibility index (Phi) is 4.21. The average Bonchev–Trinajstić information content (AvgIpc) is 2.05. The van der Waals surface area contributed by atoms with Crippen LogP contribution in [0.4, 0.5) is 0 Å². The number of halogens is 2. The van der Waals surface area contributed by atoms with Crippen LogP contribution in [0.5, 0.6) is 0 Å². The van der Waals surface area contributed by atoms with Crippen molar-refractivity contribution in [1.82, 2.24) is 0 Å². The monoisotopic (exact) mass is 272 g/mol. The number of hydrogen-bond acceptors (Lipinski definition) is 2. The predicted molar refractivity (Wildman–Crippen MR) is 46.8 cm³/mol. The summed E-state index contributed by atoms with van der Waals surface area (Å²) >= 11 is 6.78. The van der Waals surface area contributed by atoms with E-state index in [1.54, 1.807) is 0 Å². The van der Waals surface area contributed by atoms with Gasteiger partial charge in [0.05, 0.1) is 18.0 Å². The molecule has 0 N–H and O–H groups in total. The molecule has 10 heavy (non-hydrogen) atoms. The van der Waals surface area contributed by atoms with Crippen LogP contribution < -0.4 is 0 Å². The normalized spacial score (nSPS) is 24.6. The third kappa shape index (κ3) is 2.49. The summed E-state index contributed by atoms with van der Waals surface area (Å²) in [4.78, 5) is 0.271. The van der Waals surface area contributed by atoms with Crippen molar-refractivity contribution in [1.29, 1.82) is 0 Å². The summed E-state index contributed by atoms with van der Waals surface area (Å²) in [6, 6.07) is 0. The van der Waals surface area contributed by atoms with E-state index in [0.29, 0.717) is 0 Å². The van der Waals surface area contributed by atoms with Gasteiger partial charge in [0, 0.05) is 5.33 Å². The number of hydrogen-bond donors (Lipinski definition) is 0. The highest BCUT2D eigenvalue weighted by atomic mass is 79.9. The molecular formula is C6H10Br2O2. The number of ether oxygens (including phenoxy) is 2. The zero-order chi connectivity index (χ0) is 7.40. The van der Waals surface area contributed by atoms with Gasteiger partial charge >= 0.3 is 0 Å². The maximum Gasteiger partial charge on any atom is 0.170 e. The fourth-order valence-electron chi connectivity index (χ4n) is 0.788. The van der Waals surface area contributed by atoms with Crippen molar-refractivity contribution in [3.05, 3.63) is 0 Å². The molecule has 0 aromatic heterocycles. The smallest absolute Gasteiger partial charge is 0.170 e. The van der Waals surface area contributed by atoms with Gasteiger partial charge in [0.15, 0.2) is 6.29 Å². The molecule has 1 heterocycles. The quantitative estimate of drug-likeness (QED) is 0.716. The summed E-state index contributed by atoms with van der Waals surface area (Å²) in [6.07, 6.45) is 0.950. The van der Waals surface area contributed by atoms with E-state index in [9.17, 15) is 0 Å². The molecule has 1 rings (SSSR count). The minimum Gasteiger partial charge on any atom is -0.351 e. The molecule has 60 valence electrons. The molecule has 0 amide bonds. The van der Waals surface area contributed by atoms with Gasteiger partial charge in [-0.25, -0.2) is 0 Å². The molecule has 2 nitrogen and oxygen atoms in total. The van der Waals surface area contributed by atoms with Crippen molar-refractivity contribution in [2.75, 3.05) is 18.5 Å². The minimum absolute atomic E-state index is 0.0619. The van der Waals surface area contributed by atoms with Gasteiger partial charge in [-0.15, -0.1) is 0 Å². The van der Waals surface area contributed by atoms with E-state index in [2.05, 4.69) is 31.9 Å². The van der Waals surface area contributed by atoms with E-state index in [1.807, 2.05) is 0 Å². The molecule has 0 aromatic carbocycles. The topological polar surface area (TPSA) is 18.5 Å². The van der Waals surface area contributed by atoms with Crippen molar-refractivity contribution >= 4 is 31.9 Å². The molecule has 4 heteroatoms. The van der Waals surface area contributed by atoms with Crippen LogP contribution in [0, 0.1) is 0 Å². The SMILES string of the molecule is BrC[C@H](Br)C1OCCCO1. The van der Waals surface area contributed by atoms with Gasteiger partial charge < -0.3 is 9.47 Å². The van der Waals surface area contributed by atoms with Gasteiger partial charge in [0.25, 0.3) is 0 Å². The molecule has 0 bridgehead atoms. The van der Waals surface area contributed by atoms with Crippen LogP contribution in [0.1, 0.15) is 6.42 Å². The molecule has 0 unspecified atom stereocenters. The zero-order valence-electron chi connectivity index (χ0n) is 5.56. The molecule has 1 atom stereocenters. The third-order valence-electron chi connectivity index (χ3n) is 1.30. The fraction of sp³-hybridized carbons (Fsp3) is 1.00. The summed E-state index contributed by atoms with van der Waals surface area (Å²) in [7, 11) is 0. The predicted octanol–water partition coefficient (Wildman–Crippen LogP) is 1.91. The lowest BCUT2D eigenvalue weighted by Crippen LogP contribution is -2.33. The maximum atomic E-state index is 5.33. The van der Waals surface area contributed by atoms with Crippen LogP contribution in [0.3, 0.4) is 0 Å². The Hall–Kier alpha value is 0.880. The van der Waals surface area contributed by atoms with Crippen molar-refractivity contribution in [2.45, 2.75) is 17.5 Å². The van der Waals surface area contributed by atoms with Crippen LogP contribution in [0.2, 0.25) is 0 Å². The fourth-order valence-corrected chi connectivity index (χ4v) is 1.40. The second-order valence-corrected chi connectivity index (χ2v) is 3.96. The lowest BCUT2D eigenvalue weighted by molar-refractivity contribution is -0.174. The zero-order valence-corrected chi connectivity index (χ0v) is 8.73. The second kappa shape index (κ2) is 4.70. The highest BCUT2D eigenvalue weighted by Gasteiger charge is 2.21. The van der Waals surface area contributed by atoms with Crippen molar-refractivity contribution in [3.8, 4) is 0 Å². The Balaban J connectivity index is 2.24. The van der Waals surface area contributed by atoms with Crippen LogP contribution in [-0.4, -0.2) is 29.7 Å². The summed E-state index contributed by atoms with van der Waals surface area (Å²) in [5.41, 5.74) is 0. The van der Waals surface area contributed by atoms with E-state index < -0.39 is 0 Å². The minimum atomic E-state index is -0.0619. The van der Waals surface area contributed by atoms with Crippen LogP contribution in [0.25, 0.3) is 0 Å². The highest BCUT2D eigenvalue weighted by Crippen LogP contribution is 2.16. The molecule has 0 aromatic rings. The molecule has 0 aliphatic carbocycles. The van der Waals surface area contributed by atoms with Crippen molar-refractivity contribution in [3.63, 3.8) is 0 Å². The first-order chi connectivity index (χ1) is 4.84. The Morgan fingerprint density at radius 3 is 2.50 bits per heavy atom. The highest BCUT2D eigenvalue weighted by molar-refractivity contribution is 9.12. The van der Waals surface area contributed by atoms with E-state index in [0.717, 1.165) is 25.0 Å². The van der Waals surface area contributed by atoms with Crippen LogP contribution >= 0.6 is 31.9 Å². The average molecular weight is 274 g/mol. The molecule has 0 saturated carbocycles. The molecule has 0 spiro atoms. The van der Waals surface area contributed by atoms with Crippen molar-refractivity contribution in [2.24, 2.45) is 0 Å². The Morgan fingerprint density at radius 2 is 2.00 bits per heavy atom. The van der Waals surface area contributed by atoms with Gasteiger partial charge in [-0.05, 0) is 6.42 Å². The first-order valence-corrected chi connectivity index (χ1v) is 5.31. The standard InChI is InChI=1S/C6H10Br2O2/c7-4-5(8)6-9-2-1-3-10-6/h5-6H,1-4H2/t5-/m0/s1. The van der Waals surface area contributed by atoms with E-state index in [4.69, 9.17) is 9.47 Å².